The zero-order valence-corrected chi connectivity index (χ0v) is 22.0. The summed E-state index contributed by atoms with van der Waals surface area (Å²) in [6.45, 7) is 4.33. The van der Waals surface area contributed by atoms with E-state index in [1.165, 1.54) is 19.1 Å². The van der Waals surface area contributed by atoms with Crippen LogP contribution >= 0.6 is 34.8 Å². The first-order chi connectivity index (χ1) is 18.1. The summed E-state index contributed by atoms with van der Waals surface area (Å²) in [5.74, 6) is -5.21. The molecule has 2 amide bonds. The van der Waals surface area contributed by atoms with Crippen LogP contribution in [0.5, 0.6) is 0 Å². The van der Waals surface area contributed by atoms with Crippen molar-refractivity contribution in [1.29, 1.82) is 0 Å². The van der Waals surface area contributed by atoms with Gasteiger partial charge in [-0.2, -0.15) is 39.5 Å². The predicted molar refractivity (Wildman–Crippen MR) is 131 cm³/mol. The second-order valence-electron chi connectivity index (χ2n) is 8.17. The lowest BCUT2D eigenvalue weighted by molar-refractivity contribution is -0.257. The molecule has 0 aliphatic heterocycles. The fraction of sp³-hybridized carbons (Fsp3) is 0.250. The molecular formula is C24H16Cl3F9N2O2. The Hall–Kier alpha value is -2.90. The maximum atomic E-state index is 13.7. The molecule has 0 radical (unpaired) electrons. The molecule has 0 aliphatic rings. The van der Waals surface area contributed by atoms with Crippen molar-refractivity contribution < 1.29 is 49.1 Å². The highest BCUT2D eigenvalue weighted by atomic mass is 35.5. The largest absolute Gasteiger partial charge is 0.417 e. The van der Waals surface area contributed by atoms with Crippen molar-refractivity contribution in [2.24, 2.45) is 0 Å². The second-order valence-corrected chi connectivity index (χ2v) is 9.37. The maximum Gasteiger partial charge on any atom is 0.417 e. The Morgan fingerprint density at radius 1 is 0.875 bits per heavy atom. The van der Waals surface area contributed by atoms with Gasteiger partial charge in [0, 0.05) is 5.56 Å². The molecule has 16 heteroatoms. The summed E-state index contributed by atoms with van der Waals surface area (Å²) in [5, 5.41) is 1.99. The minimum atomic E-state index is -5.87. The van der Waals surface area contributed by atoms with Crippen LogP contribution in [0.3, 0.4) is 0 Å². The summed E-state index contributed by atoms with van der Waals surface area (Å²) in [5.41, 5.74) is -1.29. The summed E-state index contributed by atoms with van der Waals surface area (Å²) >= 11 is 17.5. The molecule has 1 atom stereocenters. The number of carbonyl (C=O) groups is 2. The monoisotopic (exact) mass is 640 g/mol. The zero-order valence-electron chi connectivity index (χ0n) is 19.8. The van der Waals surface area contributed by atoms with E-state index in [0.717, 1.165) is 30.4 Å². The van der Waals surface area contributed by atoms with Gasteiger partial charge in [-0.25, -0.2) is 0 Å². The Balaban J connectivity index is 2.22. The molecule has 0 aliphatic carbocycles. The molecule has 0 bridgehead atoms. The van der Waals surface area contributed by atoms with Crippen molar-refractivity contribution in [3.63, 3.8) is 0 Å². The van der Waals surface area contributed by atoms with Gasteiger partial charge in [-0.1, -0.05) is 65.7 Å². The van der Waals surface area contributed by atoms with Crippen LogP contribution < -0.4 is 10.6 Å². The molecule has 0 saturated carbocycles. The number of carbonyl (C=O) groups excluding carboxylic acids is 2. The maximum absolute atomic E-state index is 13.7. The standard InChI is InChI=1S/C24H16Cl3F9N2O2/c1-10-7-12(4-6-15(22(28,29)30)13-8-16(25)18(27)17(26)9-13)3-5-14(10)20(40)37-11(2)19(39)38-21(23(31,32)33)24(34,35)36/h3-9,15,21H,2H2,1H3,(H,37,40)(H,38,39)/b6-4+. The number of aryl methyl sites for hydroxylation is 1. The summed E-state index contributed by atoms with van der Waals surface area (Å²) < 4.78 is 117. The van der Waals surface area contributed by atoms with Gasteiger partial charge in [0.25, 0.3) is 11.8 Å². The number of halogens is 12. The lowest BCUT2D eigenvalue weighted by Gasteiger charge is -2.24. The van der Waals surface area contributed by atoms with Gasteiger partial charge in [0.15, 0.2) is 0 Å². The summed E-state index contributed by atoms with van der Waals surface area (Å²) in [6, 6.07) is 1.40. The highest BCUT2D eigenvalue weighted by Crippen LogP contribution is 2.41. The van der Waals surface area contributed by atoms with Gasteiger partial charge < -0.3 is 10.6 Å². The molecule has 0 fully saturated rings. The molecular weight excluding hydrogens is 626 g/mol. The number of benzene rings is 2. The Morgan fingerprint density at radius 3 is 1.85 bits per heavy atom. The van der Waals surface area contributed by atoms with E-state index in [0.29, 0.717) is 5.32 Å². The molecule has 218 valence electrons. The predicted octanol–water partition coefficient (Wildman–Crippen LogP) is 8.17. The van der Waals surface area contributed by atoms with Gasteiger partial charge >= 0.3 is 18.5 Å². The van der Waals surface area contributed by atoms with Crippen LogP contribution in [-0.2, 0) is 4.79 Å². The second kappa shape index (κ2) is 12.3. The topological polar surface area (TPSA) is 58.2 Å². The lowest BCUT2D eigenvalue weighted by atomic mass is 9.96. The molecule has 2 aromatic rings. The summed E-state index contributed by atoms with van der Waals surface area (Å²) in [4.78, 5) is 24.3. The first kappa shape index (κ1) is 33.3. The quantitative estimate of drug-likeness (QED) is 0.182. The minimum absolute atomic E-state index is 0.123. The average molecular weight is 642 g/mol. The molecule has 1 unspecified atom stereocenters. The fourth-order valence-electron chi connectivity index (χ4n) is 3.25. The van der Waals surface area contributed by atoms with E-state index in [2.05, 4.69) is 6.58 Å². The highest BCUT2D eigenvalue weighted by Gasteiger charge is 2.57. The highest BCUT2D eigenvalue weighted by molar-refractivity contribution is 6.48. The van der Waals surface area contributed by atoms with E-state index in [1.54, 1.807) is 5.32 Å². The molecule has 0 aromatic heterocycles. The number of alkyl halides is 9. The van der Waals surface area contributed by atoms with E-state index >= 15 is 0 Å². The molecule has 2 N–H and O–H groups in total. The van der Waals surface area contributed by atoms with Crippen LogP contribution in [0.2, 0.25) is 15.1 Å². The van der Waals surface area contributed by atoms with E-state index in [4.69, 9.17) is 34.8 Å². The average Bonchev–Trinajstić information content (AvgIpc) is 2.78. The van der Waals surface area contributed by atoms with Crippen molar-refractivity contribution in [3.8, 4) is 0 Å². The molecule has 0 saturated heterocycles. The molecule has 4 nitrogen and oxygen atoms in total. The smallest absolute Gasteiger partial charge is 0.332 e. The van der Waals surface area contributed by atoms with Gasteiger partial charge in [-0.05, 0) is 41.8 Å². The van der Waals surface area contributed by atoms with Crippen molar-refractivity contribution in [2.45, 2.75) is 37.4 Å². The molecule has 2 rings (SSSR count). The third-order valence-corrected chi connectivity index (χ3v) is 6.36. The van der Waals surface area contributed by atoms with E-state index in [-0.39, 0.29) is 37.3 Å². The number of amides is 2. The van der Waals surface area contributed by atoms with Crippen LogP contribution in [0.4, 0.5) is 39.5 Å². The van der Waals surface area contributed by atoms with E-state index in [1.807, 2.05) is 0 Å². The van der Waals surface area contributed by atoms with Crippen LogP contribution in [0.25, 0.3) is 6.08 Å². The van der Waals surface area contributed by atoms with Crippen LogP contribution in [0.1, 0.15) is 33.0 Å². The van der Waals surface area contributed by atoms with Crippen LogP contribution in [0, 0.1) is 6.92 Å². The first-order valence-corrected chi connectivity index (χ1v) is 11.7. The fourth-order valence-corrected chi connectivity index (χ4v) is 3.86. The zero-order chi connectivity index (χ0) is 30.8. The Labute approximate surface area is 235 Å². The SMILES string of the molecule is C=C(NC(=O)c1ccc(/C=C/C(c2cc(Cl)c(Cl)c(Cl)c2)C(F)(F)F)cc1C)C(=O)NC(C(F)(F)F)C(F)(F)F. The van der Waals surface area contributed by atoms with Crippen molar-refractivity contribution >= 4 is 52.7 Å². The molecule has 2 aromatic carbocycles. The summed E-state index contributed by atoms with van der Waals surface area (Å²) in [7, 11) is 0. The van der Waals surface area contributed by atoms with Gasteiger partial charge in [-0.15, -0.1) is 0 Å². The third-order valence-electron chi connectivity index (χ3n) is 5.16. The van der Waals surface area contributed by atoms with Gasteiger partial charge in [0.05, 0.1) is 26.7 Å². The summed E-state index contributed by atoms with van der Waals surface area (Å²) in [6.07, 6.45) is -14.6. The van der Waals surface area contributed by atoms with E-state index < -0.39 is 48.0 Å². The molecule has 0 heterocycles. The number of rotatable bonds is 7. The Bertz CT molecular complexity index is 1300. The normalized spacial score (nSPS) is 13.4. The first-order valence-electron chi connectivity index (χ1n) is 10.6. The van der Waals surface area contributed by atoms with E-state index in [9.17, 15) is 49.1 Å². The lowest BCUT2D eigenvalue weighted by Crippen LogP contribution is -2.55. The van der Waals surface area contributed by atoms with Gasteiger partial charge in [0.2, 0.25) is 6.04 Å². The number of hydrogen-bond acceptors (Lipinski definition) is 2. The minimum Gasteiger partial charge on any atom is -0.332 e. The van der Waals surface area contributed by atoms with Crippen LogP contribution in [0.15, 0.2) is 48.7 Å². The third kappa shape index (κ3) is 8.55. The van der Waals surface area contributed by atoms with Crippen molar-refractivity contribution in [1.82, 2.24) is 10.6 Å². The van der Waals surface area contributed by atoms with Crippen molar-refractivity contribution in [3.05, 3.63) is 86.0 Å². The molecule has 0 spiro atoms. The van der Waals surface area contributed by atoms with Crippen molar-refractivity contribution in [2.75, 3.05) is 0 Å². The van der Waals surface area contributed by atoms with Gasteiger partial charge in [-0.3, -0.25) is 9.59 Å². The Kier molecular flexibility index (Phi) is 10.3. The Morgan fingerprint density at radius 2 is 1.40 bits per heavy atom. The number of allylic oxidation sites excluding steroid dienone is 1. The number of nitrogens with one attached hydrogen (secondary N) is 2. The number of hydrogen-bond donors (Lipinski definition) is 2. The van der Waals surface area contributed by atoms with Gasteiger partial charge in [0.1, 0.15) is 0 Å². The van der Waals surface area contributed by atoms with Crippen LogP contribution in [-0.4, -0.2) is 36.4 Å². The molecule has 40 heavy (non-hydrogen) atoms.